The molecule has 3 rings (SSSR count). The SMILES string of the molecule is Cn1c(Cc2ccccc2)nnc1SCC(=O)NC(=O)Nc1ccccc1. The van der Waals surface area contributed by atoms with Gasteiger partial charge in [0.25, 0.3) is 0 Å². The fourth-order valence-corrected chi connectivity index (χ4v) is 3.11. The Labute approximate surface area is 161 Å². The molecular formula is C19H19N5O2S. The molecule has 2 N–H and O–H groups in total. The molecule has 0 aliphatic carbocycles. The standard InChI is InChI=1S/C19H19N5O2S/c1-24-16(12-14-8-4-2-5-9-14)22-23-19(24)27-13-17(25)21-18(26)20-15-10-6-3-7-11-15/h2-11H,12-13H2,1H3,(H2,20,21,25,26). The summed E-state index contributed by atoms with van der Waals surface area (Å²) in [7, 11) is 1.86. The number of carbonyl (C=O) groups is 2. The zero-order chi connectivity index (χ0) is 19.1. The van der Waals surface area contributed by atoms with Gasteiger partial charge in [-0.25, -0.2) is 4.79 Å². The molecule has 8 heteroatoms. The number of hydrogen-bond acceptors (Lipinski definition) is 5. The van der Waals surface area contributed by atoms with E-state index in [0.717, 1.165) is 11.4 Å². The van der Waals surface area contributed by atoms with Gasteiger partial charge in [0.1, 0.15) is 5.82 Å². The molecule has 0 bridgehead atoms. The molecule has 1 aromatic heterocycles. The molecule has 3 amide bonds. The minimum atomic E-state index is -0.561. The smallest absolute Gasteiger partial charge is 0.309 e. The minimum absolute atomic E-state index is 0.0690. The summed E-state index contributed by atoms with van der Waals surface area (Å²) in [5, 5.41) is 13.8. The number of carbonyl (C=O) groups excluding carboxylic acids is 2. The average molecular weight is 381 g/mol. The molecule has 0 fully saturated rings. The summed E-state index contributed by atoms with van der Waals surface area (Å²) in [5.74, 6) is 0.478. The van der Waals surface area contributed by atoms with Crippen LogP contribution >= 0.6 is 11.8 Å². The van der Waals surface area contributed by atoms with Crippen molar-refractivity contribution in [2.45, 2.75) is 11.6 Å². The predicted octanol–water partition coefficient (Wildman–Crippen LogP) is 2.85. The van der Waals surface area contributed by atoms with Gasteiger partial charge in [-0.15, -0.1) is 10.2 Å². The van der Waals surface area contributed by atoms with Gasteiger partial charge in [-0.2, -0.15) is 0 Å². The first-order valence-electron chi connectivity index (χ1n) is 8.32. The summed E-state index contributed by atoms with van der Waals surface area (Å²) in [6.45, 7) is 0. The van der Waals surface area contributed by atoms with Crippen molar-refractivity contribution >= 4 is 29.4 Å². The molecule has 138 valence electrons. The first-order valence-corrected chi connectivity index (χ1v) is 9.31. The second-order valence-corrected chi connectivity index (χ2v) is 6.72. The van der Waals surface area contributed by atoms with Gasteiger partial charge in [0.05, 0.1) is 5.75 Å². The largest absolute Gasteiger partial charge is 0.325 e. The maximum Gasteiger partial charge on any atom is 0.325 e. The molecule has 1 heterocycles. The van der Waals surface area contributed by atoms with Crippen LogP contribution in [0.2, 0.25) is 0 Å². The summed E-state index contributed by atoms with van der Waals surface area (Å²) in [6.07, 6.45) is 0.663. The van der Waals surface area contributed by atoms with E-state index in [1.165, 1.54) is 11.8 Å². The molecule has 3 aromatic rings. The van der Waals surface area contributed by atoms with Crippen LogP contribution in [0.15, 0.2) is 65.8 Å². The molecule has 0 aliphatic heterocycles. The lowest BCUT2D eigenvalue weighted by atomic mass is 10.1. The highest BCUT2D eigenvalue weighted by atomic mass is 32.2. The maximum absolute atomic E-state index is 12.0. The Morgan fingerprint density at radius 1 is 1.00 bits per heavy atom. The van der Waals surface area contributed by atoms with E-state index < -0.39 is 11.9 Å². The second-order valence-electron chi connectivity index (χ2n) is 5.78. The van der Waals surface area contributed by atoms with E-state index in [9.17, 15) is 9.59 Å². The van der Waals surface area contributed by atoms with E-state index >= 15 is 0 Å². The number of urea groups is 1. The molecule has 0 saturated heterocycles. The van der Waals surface area contributed by atoms with Crippen molar-refractivity contribution in [3.05, 3.63) is 72.1 Å². The third kappa shape index (κ3) is 5.42. The van der Waals surface area contributed by atoms with Crippen molar-refractivity contribution < 1.29 is 9.59 Å². The fraction of sp³-hybridized carbons (Fsp3) is 0.158. The Balaban J connectivity index is 1.49. The van der Waals surface area contributed by atoms with Crippen LogP contribution in [-0.4, -0.2) is 32.5 Å². The van der Waals surface area contributed by atoms with E-state index in [0.29, 0.717) is 17.3 Å². The summed E-state index contributed by atoms with van der Waals surface area (Å²) >= 11 is 1.23. The molecule has 0 radical (unpaired) electrons. The lowest BCUT2D eigenvalue weighted by molar-refractivity contribution is -0.117. The quantitative estimate of drug-likeness (QED) is 0.641. The van der Waals surface area contributed by atoms with Crippen molar-refractivity contribution in [3.63, 3.8) is 0 Å². The summed E-state index contributed by atoms with van der Waals surface area (Å²) in [5.41, 5.74) is 1.76. The van der Waals surface area contributed by atoms with Gasteiger partial charge in [-0.1, -0.05) is 60.3 Å². The topological polar surface area (TPSA) is 88.9 Å². The number of anilines is 1. The highest BCUT2D eigenvalue weighted by Crippen LogP contribution is 2.17. The number of thioether (sulfide) groups is 1. The van der Waals surface area contributed by atoms with Crippen molar-refractivity contribution in [2.24, 2.45) is 7.05 Å². The van der Waals surface area contributed by atoms with Crippen LogP contribution in [0.3, 0.4) is 0 Å². The van der Waals surface area contributed by atoms with Crippen LogP contribution in [0.4, 0.5) is 10.5 Å². The lowest BCUT2D eigenvalue weighted by Gasteiger charge is -2.06. The Bertz CT molecular complexity index is 912. The van der Waals surface area contributed by atoms with Crippen LogP contribution in [0.1, 0.15) is 11.4 Å². The average Bonchev–Trinajstić information content (AvgIpc) is 3.01. The van der Waals surface area contributed by atoms with Crippen LogP contribution in [0.25, 0.3) is 0 Å². The zero-order valence-electron chi connectivity index (χ0n) is 14.8. The summed E-state index contributed by atoms with van der Waals surface area (Å²) in [4.78, 5) is 23.8. The highest BCUT2D eigenvalue weighted by molar-refractivity contribution is 7.99. The third-order valence-electron chi connectivity index (χ3n) is 3.75. The highest BCUT2D eigenvalue weighted by Gasteiger charge is 2.13. The molecule has 0 aliphatic rings. The molecule has 7 nitrogen and oxygen atoms in total. The normalized spacial score (nSPS) is 10.4. The molecule has 0 saturated carbocycles. The number of imide groups is 1. The summed E-state index contributed by atoms with van der Waals surface area (Å²) in [6, 6.07) is 18.3. The predicted molar refractivity (Wildman–Crippen MR) is 105 cm³/mol. The van der Waals surface area contributed by atoms with Gasteiger partial charge in [0.2, 0.25) is 5.91 Å². The third-order valence-corrected chi connectivity index (χ3v) is 4.77. The van der Waals surface area contributed by atoms with Crippen molar-refractivity contribution in [1.82, 2.24) is 20.1 Å². The number of aromatic nitrogens is 3. The second kappa shape index (κ2) is 9.00. The zero-order valence-corrected chi connectivity index (χ0v) is 15.6. The number of rotatable bonds is 6. The van der Waals surface area contributed by atoms with E-state index in [4.69, 9.17) is 0 Å². The molecule has 0 unspecified atom stereocenters. The maximum atomic E-state index is 12.0. The first-order chi connectivity index (χ1) is 13.1. The molecule has 0 spiro atoms. The number of nitrogens with zero attached hydrogens (tertiary/aromatic N) is 3. The van der Waals surface area contributed by atoms with Crippen LogP contribution < -0.4 is 10.6 Å². The van der Waals surface area contributed by atoms with Crippen LogP contribution in [0.5, 0.6) is 0 Å². The number of amides is 3. The van der Waals surface area contributed by atoms with Gasteiger partial charge < -0.3 is 9.88 Å². The van der Waals surface area contributed by atoms with Crippen LogP contribution in [-0.2, 0) is 18.3 Å². The monoisotopic (exact) mass is 381 g/mol. The minimum Gasteiger partial charge on any atom is -0.309 e. The lowest BCUT2D eigenvalue weighted by Crippen LogP contribution is -2.35. The number of para-hydroxylation sites is 1. The van der Waals surface area contributed by atoms with Gasteiger partial charge in [0, 0.05) is 19.2 Å². The van der Waals surface area contributed by atoms with Gasteiger partial charge in [0.15, 0.2) is 5.16 Å². The fourth-order valence-electron chi connectivity index (χ4n) is 2.38. The van der Waals surface area contributed by atoms with E-state index in [2.05, 4.69) is 20.8 Å². The first kappa shape index (κ1) is 18.7. The van der Waals surface area contributed by atoms with E-state index in [1.807, 2.05) is 48.0 Å². The number of hydrogen-bond donors (Lipinski definition) is 2. The summed E-state index contributed by atoms with van der Waals surface area (Å²) < 4.78 is 1.86. The Hall–Kier alpha value is -3.13. The van der Waals surface area contributed by atoms with Crippen molar-refractivity contribution in [1.29, 1.82) is 0 Å². The molecule has 0 atom stereocenters. The Morgan fingerprint density at radius 3 is 2.37 bits per heavy atom. The molecular weight excluding hydrogens is 362 g/mol. The van der Waals surface area contributed by atoms with Crippen LogP contribution in [0, 0.1) is 0 Å². The van der Waals surface area contributed by atoms with Crippen molar-refractivity contribution in [3.8, 4) is 0 Å². The van der Waals surface area contributed by atoms with Gasteiger partial charge in [-0.3, -0.25) is 10.1 Å². The van der Waals surface area contributed by atoms with E-state index in [-0.39, 0.29) is 5.75 Å². The number of benzene rings is 2. The van der Waals surface area contributed by atoms with Gasteiger partial charge in [-0.05, 0) is 17.7 Å². The van der Waals surface area contributed by atoms with Gasteiger partial charge >= 0.3 is 6.03 Å². The van der Waals surface area contributed by atoms with E-state index in [1.54, 1.807) is 24.3 Å². The molecule has 2 aromatic carbocycles. The Morgan fingerprint density at radius 2 is 1.67 bits per heavy atom. The Kier molecular flexibility index (Phi) is 6.22. The molecule has 27 heavy (non-hydrogen) atoms. The van der Waals surface area contributed by atoms with Crippen molar-refractivity contribution in [2.75, 3.05) is 11.1 Å². The number of nitrogens with one attached hydrogen (secondary N) is 2.